The Morgan fingerprint density at radius 2 is 1.51 bits per heavy atom. The van der Waals surface area contributed by atoms with Crippen LogP contribution in [-0.4, -0.2) is 54.2 Å². The molecular weight excluding hydrogens is 609 g/mol. The molecule has 3 N–H and O–H groups in total. The summed E-state index contributed by atoms with van der Waals surface area (Å²) >= 11 is 5.92. The lowest BCUT2D eigenvalue weighted by atomic mass is 9.88. The molecule has 1 saturated heterocycles. The van der Waals surface area contributed by atoms with Crippen molar-refractivity contribution in [2.45, 2.75) is 38.5 Å². The van der Waals surface area contributed by atoms with Crippen LogP contribution in [-0.2, 0) is 14.3 Å². The third-order valence-electron chi connectivity index (χ3n) is 6.86. The van der Waals surface area contributed by atoms with Crippen LogP contribution in [0.5, 0.6) is 0 Å². The van der Waals surface area contributed by atoms with Crippen molar-refractivity contribution in [3.05, 3.63) is 95.0 Å². The second kappa shape index (κ2) is 14.2. The Hall–Kier alpha value is -4.35. The average Bonchev–Trinajstić information content (AvgIpc) is 3.36. The van der Waals surface area contributed by atoms with Crippen LogP contribution in [0.2, 0.25) is 5.02 Å². The summed E-state index contributed by atoms with van der Waals surface area (Å²) in [6.45, 7) is 4.13. The van der Waals surface area contributed by atoms with Gasteiger partial charge in [0.15, 0.2) is 0 Å². The molecule has 1 aliphatic heterocycles. The summed E-state index contributed by atoms with van der Waals surface area (Å²) in [5.74, 6) is -2.02. The highest BCUT2D eigenvalue weighted by atomic mass is 35.5. The first-order chi connectivity index (χ1) is 21.1. The maximum atomic E-state index is 13.2. The van der Waals surface area contributed by atoms with Gasteiger partial charge in [-0.1, -0.05) is 48.0 Å². The smallest absolute Gasteiger partial charge is 0.412 e. The first-order valence-corrected chi connectivity index (χ1v) is 14.6. The number of nitrogens with one attached hydrogen (secondary N) is 3. The van der Waals surface area contributed by atoms with E-state index in [-0.39, 0.29) is 19.0 Å². The number of carbonyl (C=O) groups excluding carboxylic acids is 3. The molecule has 0 aliphatic carbocycles. The number of nitrogens with zero attached hydrogens (tertiary/aromatic N) is 1. The standard InChI is InChI=1S/C33H34ClF3N4O4/c1-32(2,3)45-31(44)40-28-7-5-4-6-27(28)39-29(42)17-10-21-8-11-22(12-9-21)25-18-41(20-33(35,36)37)19-26(25)30(43)38-24-15-13-23(34)14-16-24/h4-17,25-26H,18-20H2,1-3H3,(H,38,43)(H,39,42)(H,40,44)/b17-10+/t25-,26+/m1/s1. The highest BCUT2D eigenvalue weighted by Crippen LogP contribution is 2.35. The predicted octanol–water partition coefficient (Wildman–Crippen LogP) is 7.56. The number of rotatable bonds is 8. The molecule has 0 spiro atoms. The Morgan fingerprint density at radius 3 is 2.11 bits per heavy atom. The molecule has 3 amide bonds. The second-order valence-electron chi connectivity index (χ2n) is 11.7. The number of amides is 3. The first kappa shape index (κ1) is 33.5. The van der Waals surface area contributed by atoms with Gasteiger partial charge in [-0.25, -0.2) is 4.79 Å². The lowest BCUT2D eigenvalue weighted by molar-refractivity contribution is -0.144. The van der Waals surface area contributed by atoms with Crippen LogP contribution >= 0.6 is 11.6 Å². The average molecular weight is 643 g/mol. The summed E-state index contributed by atoms with van der Waals surface area (Å²) in [4.78, 5) is 39.3. The van der Waals surface area contributed by atoms with Crippen LogP contribution < -0.4 is 16.0 Å². The molecule has 2 atom stereocenters. The van der Waals surface area contributed by atoms with E-state index in [1.54, 1.807) is 99.6 Å². The van der Waals surface area contributed by atoms with Gasteiger partial charge in [-0.05, 0) is 74.4 Å². The topological polar surface area (TPSA) is 99.8 Å². The monoisotopic (exact) mass is 642 g/mol. The largest absolute Gasteiger partial charge is 0.444 e. The molecule has 1 aliphatic rings. The third-order valence-corrected chi connectivity index (χ3v) is 7.11. The van der Waals surface area contributed by atoms with Gasteiger partial charge in [0, 0.05) is 35.8 Å². The van der Waals surface area contributed by atoms with Gasteiger partial charge in [-0.2, -0.15) is 13.2 Å². The molecule has 4 rings (SSSR count). The summed E-state index contributed by atoms with van der Waals surface area (Å²) in [5.41, 5.74) is 1.93. The van der Waals surface area contributed by atoms with Crippen LogP contribution in [0.15, 0.2) is 78.9 Å². The summed E-state index contributed by atoms with van der Waals surface area (Å²) in [5, 5.41) is 8.63. The molecule has 0 unspecified atom stereocenters. The van der Waals surface area contributed by atoms with Gasteiger partial charge in [0.25, 0.3) is 0 Å². The molecule has 3 aromatic rings. The lowest BCUT2D eigenvalue weighted by Gasteiger charge is -2.20. The van der Waals surface area contributed by atoms with Gasteiger partial charge < -0.3 is 15.4 Å². The zero-order chi connectivity index (χ0) is 32.8. The van der Waals surface area contributed by atoms with Crippen molar-refractivity contribution < 1.29 is 32.3 Å². The molecular formula is C33H34ClF3N4O4. The number of alkyl halides is 3. The van der Waals surface area contributed by atoms with Crippen molar-refractivity contribution in [2.75, 3.05) is 35.6 Å². The molecule has 1 heterocycles. The predicted molar refractivity (Wildman–Crippen MR) is 169 cm³/mol. The van der Waals surface area contributed by atoms with Crippen LogP contribution in [0, 0.1) is 5.92 Å². The number of halogens is 4. The van der Waals surface area contributed by atoms with Crippen molar-refractivity contribution >= 4 is 52.6 Å². The first-order valence-electron chi connectivity index (χ1n) is 14.2. The van der Waals surface area contributed by atoms with E-state index in [0.29, 0.717) is 33.2 Å². The number of hydrogen-bond donors (Lipinski definition) is 3. The molecule has 12 heteroatoms. The normalized spacial score (nSPS) is 17.2. The SMILES string of the molecule is CC(C)(C)OC(=O)Nc1ccccc1NC(=O)/C=C/c1ccc([C@H]2CN(CC(F)(F)F)C[C@@H]2C(=O)Nc2ccc(Cl)cc2)cc1. The van der Waals surface area contributed by atoms with E-state index < -0.39 is 42.2 Å². The molecule has 0 aromatic heterocycles. The van der Waals surface area contributed by atoms with E-state index in [4.69, 9.17) is 16.3 Å². The number of likely N-dealkylation sites (tertiary alicyclic amines) is 1. The lowest BCUT2D eigenvalue weighted by Crippen LogP contribution is -2.34. The van der Waals surface area contributed by atoms with E-state index in [2.05, 4.69) is 16.0 Å². The van der Waals surface area contributed by atoms with Crippen LogP contribution in [0.3, 0.4) is 0 Å². The Balaban J connectivity index is 1.43. The van der Waals surface area contributed by atoms with Crippen molar-refractivity contribution in [1.82, 2.24) is 4.90 Å². The summed E-state index contributed by atoms with van der Waals surface area (Å²) < 4.78 is 44.9. The third kappa shape index (κ3) is 10.4. The molecule has 0 bridgehead atoms. The van der Waals surface area contributed by atoms with E-state index in [9.17, 15) is 27.6 Å². The minimum atomic E-state index is -4.40. The number of benzene rings is 3. The van der Waals surface area contributed by atoms with Gasteiger partial charge >= 0.3 is 12.3 Å². The quantitative estimate of drug-likeness (QED) is 0.220. The fourth-order valence-corrected chi connectivity index (χ4v) is 5.08. The minimum absolute atomic E-state index is 0.0459. The van der Waals surface area contributed by atoms with Crippen LogP contribution in [0.25, 0.3) is 6.08 Å². The van der Waals surface area contributed by atoms with Crippen molar-refractivity contribution in [2.24, 2.45) is 5.92 Å². The second-order valence-corrected chi connectivity index (χ2v) is 12.1. The number of anilines is 3. The fraction of sp³-hybridized carbons (Fsp3) is 0.303. The van der Waals surface area contributed by atoms with E-state index in [1.807, 2.05) is 0 Å². The summed E-state index contributed by atoms with van der Waals surface area (Å²) in [7, 11) is 0. The number of ether oxygens (including phenoxy) is 1. The van der Waals surface area contributed by atoms with Gasteiger partial charge in [0.2, 0.25) is 11.8 Å². The van der Waals surface area contributed by atoms with Crippen molar-refractivity contribution in [1.29, 1.82) is 0 Å². The Morgan fingerprint density at radius 1 is 0.889 bits per heavy atom. The maximum absolute atomic E-state index is 13.2. The Kier molecular flexibility index (Phi) is 10.6. The molecule has 1 fully saturated rings. The zero-order valence-corrected chi connectivity index (χ0v) is 25.7. The highest BCUT2D eigenvalue weighted by molar-refractivity contribution is 6.30. The molecule has 238 valence electrons. The van der Waals surface area contributed by atoms with E-state index in [1.165, 1.54) is 11.0 Å². The Labute approximate surface area is 264 Å². The minimum Gasteiger partial charge on any atom is -0.444 e. The van der Waals surface area contributed by atoms with Gasteiger partial charge in [0.05, 0.1) is 23.8 Å². The maximum Gasteiger partial charge on any atom is 0.412 e. The van der Waals surface area contributed by atoms with Crippen molar-refractivity contribution in [3.63, 3.8) is 0 Å². The Bertz CT molecular complexity index is 1540. The molecule has 45 heavy (non-hydrogen) atoms. The molecule has 0 radical (unpaired) electrons. The van der Waals surface area contributed by atoms with Crippen LogP contribution in [0.1, 0.15) is 37.8 Å². The number of carbonyl (C=O) groups is 3. The van der Waals surface area contributed by atoms with Crippen molar-refractivity contribution in [3.8, 4) is 0 Å². The number of para-hydroxylation sites is 2. The van der Waals surface area contributed by atoms with E-state index in [0.717, 1.165) is 0 Å². The molecule has 0 saturated carbocycles. The fourth-order valence-electron chi connectivity index (χ4n) is 4.95. The summed E-state index contributed by atoms with van der Waals surface area (Å²) in [6.07, 6.45) is -2.15. The summed E-state index contributed by atoms with van der Waals surface area (Å²) in [6, 6.07) is 20.1. The molecule has 8 nitrogen and oxygen atoms in total. The zero-order valence-electron chi connectivity index (χ0n) is 25.0. The van der Waals surface area contributed by atoms with Crippen LogP contribution in [0.4, 0.5) is 35.0 Å². The van der Waals surface area contributed by atoms with Gasteiger partial charge in [0.1, 0.15) is 5.60 Å². The highest BCUT2D eigenvalue weighted by Gasteiger charge is 2.42. The molecule has 3 aromatic carbocycles. The van der Waals surface area contributed by atoms with Gasteiger partial charge in [-0.15, -0.1) is 0 Å². The number of hydrogen-bond acceptors (Lipinski definition) is 5. The van der Waals surface area contributed by atoms with E-state index >= 15 is 0 Å². The van der Waals surface area contributed by atoms with Gasteiger partial charge in [-0.3, -0.25) is 19.8 Å².